The lowest BCUT2D eigenvalue weighted by molar-refractivity contribution is 0.676. The molecule has 0 fully saturated rings. The van der Waals surface area contributed by atoms with Crippen molar-refractivity contribution in [2.45, 2.75) is 26.2 Å². The molecular weight excluding hydrogens is 116 g/mol. The molecular formula is C5H9N4-. The molecule has 4 nitrogen and oxygen atoms in total. The lowest BCUT2D eigenvalue weighted by atomic mass is 10.1. The van der Waals surface area contributed by atoms with E-state index in [4.69, 9.17) is 0 Å². The van der Waals surface area contributed by atoms with Crippen LogP contribution < -0.4 is 5.10 Å². The summed E-state index contributed by atoms with van der Waals surface area (Å²) in [6.07, 6.45) is 1.04. The first-order chi connectivity index (χ1) is 4.34. The lowest BCUT2D eigenvalue weighted by Crippen LogP contribution is -1.95. The maximum atomic E-state index is 3.71. The van der Waals surface area contributed by atoms with E-state index in [1.165, 1.54) is 0 Å². The van der Waals surface area contributed by atoms with E-state index < -0.39 is 0 Å². The van der Waals surface area contributed by atoms with Crippen LogP contribution in [0.1, 0.15) is 32.0 Å². The summed E-state index contributed by atoms with van der Waals surface area (Å²) in [5, 5.41) is 14.2. The molecule has 1 heterocycles. The first-order valence-corrected chi connectivity index (χ1v) is 3.03. The zero-order valence-electron chi connectivity index (χ0n) is 5.57. The monoisotopic (exact) mass is 125 g/mol. The third-order valence-electron chi connectivity index (χ3n) is 1.39. The fraction of sp³-hybridized carbons (Fsp3) is 0.800. The quantitative estimate of drug-likeness (QED) is 0.572. The van der Waals surface area contributed by atoms with Crippen LogP contribution in [0, 0.1) is 0 Å². The van der Waals surface area contributed by atoms with Crippen molar-refractivity contribution in [3.05, 3.63) is 5.82 Å². The number of nitrogens with zero attached hydrogens (tertiary/aromatic N) is 4. The predicted molar refractivity (Wildman–Crippen MR) is 31.9 cm³/mol. The molecule has 0 N–H and O–H groups in total. The number of aromatic nitrogens is 4. The Balaban J connectivity index is 2.65. The van der Waals surface area contributed by atoms with Gasteiger partial charge in [0, 0.05) is 5.82 Å². The van der Waals surface area contributed by atoms with Crippen molar-refractivity contribution in [2.24, 2.45) is 0 Å². The largest absolute Gasteiger partial charge is 0.335 e. The molecule has 0 bridgehead atoms. The Hall–Kier alpha value is -0.930. The van der Waals surface area contributed by atoms with Crippen molar-refractivity contribution in [1.29, 1.82) is 0 Å². The summed E-state index contributed by atoms with van der Waals surface area (Å²) in [4.78, 5) is 0. The highest BCUT2D eigenvalue weighted by atomic mass is 15.5. The van der Waals surface area contributed by atoms with E-state index in [-0.39, 0.29) is 0 Å². The van der Waals surface area contributed by atoms with Gasteiger partial charge in [-0.25, -0.2) is 0 Å². The van der Waals surface area contributed by atoms with Gasteiger partial charge in [-0.15, -0.1) is 0 Å². The smallest absolute Gasteiger partial charge is 0.0127 e. The van der Waals surface area contributed by atoms with Crippen molar-refractivity contribution < 1.29 is 0 Å². The van der Waals surface area contributed by atoms with Gasteiger partial charge < -0.3 is 5.10 Å². The van der Waals surface area contributed by atoms with Crippen LogP contribution in [0.4, 0.5) is 0 Å². The van der Waals surface area contributed by atoms with Crippen molar-refractivity contribution in [3.63, 3.8) is 0 Å². The minimum Gasteiger partial charge on any atom is -0.335 e. The summed E-state index contributed by atoms with van der Waals surface area (Å²) in [7, 11) is 0. The number of rotatable bonds is 2. The molecule has 1 atom stereocenters. The van der Waals surface area contributed by atoms with E-state index in [1.807, 2.05) is 0 Å². The maximum Gasteiger partial charge on any atom is 0.0127 e. The fourth-order valence-electron chi connectivity index (χ4n) is 0.531. The minimum absolute atomic E-state index is 0.389. The molecule has 1 aromatic heterocycles. The molecule has 0 spiro atoms. The zero-order chi connectivity index (χ0) is 6.69. The highest BCUT2D eigenvalue weighted by Gasteiger charge is 1.97. The van der Waals surface area contributed by atoms with E-state index in [0.717, 1.165) is 12.2 Å². The van der Waals surface area contributed by atoms with Crippen LogP contribution >= 0.6 is 0 Å². The molecule has 0 aliphatic carbocycles. The number of tetrazole rings is 1. The molecule has 1 rings (SSSR count). The van der Waals surface area contributed by atoms with Gasteiger partial charge in [-0.05, 0) is 12.3 Å². The van der Waals surface area contributed by atoms with Crippen LogP contribution in [0.25, 0.3) is 0 Å². The van der Waals surface area contributed by atoms with Gasteiger partial charge in [0.15, 0.2) is 0 Å². The molecule has 0 saturated carbocycles. The van der Waals surface area contributed by atoms with Crippen LogP contribution in [0.15, 0.2) is 0 Å². The first-order valence-electron chi connectivity index (χ1n) is 3.03. The highest BCUT2D eigenvalue weighted by Crippen LogP contribution is 2.10. The van der Waals surface area contributed by atoms with Gasteiger partial charge in [0.25, 0.3) is 0 Å². The summed E-state index contributed by atoms with van der Waals surface area (Å²) < 4.78 is 0. The molecule has 0 aromatic carbocycles. The van der Waals surface area contributed by atoms with Crippen LogP contribution in [0.2, 0.25) is 0 Å². The third-order valence-corrected chi connectivity index (χ3v) is 1.39. The molecule has 9 heavy (non-hydrogen) atoms. The summed E-state index contributed by atoms with van der Waals surface area (Å²) in [6.45, 7) is 4.14. The van der Waals surface area contributed by atoms with Gasteiger partial charge >= 0.3 is 0 Å². The van der Waals surface area contributed by atoms with Crippen LogP contribution in [-0.4, -0.2) is 15.5 Å². The van der Waals surface area contributed by atoms with Crippen LogP contribution in [0.3, 0.4) is 0 Å². The fourth-order valence-corrected chi connectivity index (χ4v) is 0.531. The molecule has 4 heteroatoms. The normalized spacial score (nSPS) is 13.6. The second-order valence-corrected chi connectivity index (χ2v) is 2.05. The Bertz CT molecular complexity index is 157. The SMILES string of the molecule is CCC(C)c1nnn[n-]1. The predicted octanol–water partition coefficient (Wildman–Crippen LogP) is 0.342. The van der Waals surface area contributed by atoms with Crippen molar-refractivity contribution in [1.82, 2.24) is 20.6 Å². The Morgan fingerprint density at radius 1 is 1.67 bits per heavy atom. The third kappa shape index (κ3) is 1.25. The molecule has 1 unspecified atom stereocenters. The van der Waals surface area contributed by atoms with Crippen LogP contribution in [0.5, 0.6) is 0 Å². The van der Waals surface area contributed by atoms with Gasteiger partial charge in [0.2, 0.25) is 0 Å². The van der Waals surface area contributed by atoms with Gasteiger partial charge in [-0.3, -0.25) is 10.3 Å². The van der Waals surface area contributed by atoms with Gasteiger partial charge in [-0.2, -0.15) is 5.21 Å². The Kier molecular flexibility index (Phi) is 1.77. The number of hydrogen-bond acceptors (Lipinski definition) is 3. The second-order valence-electron chi connectivity index (χ2n) is 2.05. The Morgan fingerprint density at radius 2 is 2.44 bits per heavy atom. The van der Waals surface area contributed by atoms with E-state index in [9.17, 15) is 0 Å². The summed E-state index contributed by atoms with van der Waals surface area (Å²) in [5.41, 5.74) is 0. The Labute approximate surface area is 53.7 Å². The molecule has 1 aromatic rings. The van der Waals surface area contributed by atoms with E-state index >= 15 is 0 Å². The van der Waals surface area contributed by atoms with E-state index in [2.05, 4.69) is 34.5 Å². The molecule has 50 valence electrons. The van der Waals surface area contributed by atoms with Gasteiger partial charge in [-0.1, -0.05) is 13.8 Å². The zero-order valence-corrected chi connectivity index (χ0v) is 5.57. The van der Waals surface area contributed by atoms with Crippen molar-refractivity contribution in [3.8, 4) is 0 Å². The minimum atomic E-state index is 0.389. The average Bonchev–Trinajstić information content (AvgIpc) is 2.37. The van der Waals surface area contributed by atoms with Gasteiger partial charge in [0.1, 0.15) is 0 Å². The average molecular weight is 125 g/mol. The Morgan fingerprint density at radius 3 is 2.89 bits per heavy atom. The molecule has 0 saturated heterocycles. The maximum absolute atomic E-state index is 3.71. The summed E-state index contributed by atoms with van der Waals surface area (Å²) in [5.74, 6) is 1.14. The van der Waals surface area contributed by atoms with Gasteiger partial charge in [0.05, 0.1) is 0 Å². The lowest BCUT2D eigenvalue weighted by Gasteiger charge is -2.05. The standard InChI is InChI=1S/C5H9N4/c1-3-4(2)5-6-8-9-7-5/h4H,3H2,1-2H3/q-1. The highest BCUT2D eigenvalue weighted by molar-refractivity contribution is 4.85. The summed E-state index contributed by atoms with van der Waals surface area (Å²) >= 11 is 0. The molecule has 0 aliphatic heterocycles. The van der Waals surface area contributed by atoms with E-state index in [1.54, 1.807) is 0 Å². The first kappa shape index (κ1) is 6.19. The second kappa shape index (κ2) is 2.57. The molecule has 0 radical (unpaired) electrons. The molecule has 0 aliphatic rings. The van der Waals surface area contributed by atoms with E-state index in [0.29, 0.717) is 5.92 Å². The van der Waals surface area contributed by atoms with Crippen molar-refractivity contribution >= 4 is 0 Å². The summed E-state index contributed by atoms with van der Waals surface area (Å²) in [6, 6.07) is 0. The van der Waals surface area contributed by atoms with Crippen molar-refractivity contribution in [2.75, 3.05) is 0 Å². The molecule has 0 amide bonds. The topological polar surface area (TPSA) is 52.8 Å². The van der Waals surface area contributed by atoms with Crippen LogP contribution in [-0.2, 0) is 0 Å². The number of hydrogen-bond donors (Lipinski definition) is 0.